The lowest BCUT2D eigenvalue weighted by atomic mass is 10.1. The van der Waals surface area contributed by atoms with Gasteiger partial charge in [-0.2, -0.15) is 0 Å². The summed E-state index contributed by atoms with van der Waals surface area (Å²) in [5, 5.41) is 24.6. The molecule has 1 aromatic carbocycles. The minimum absolute atomic E-state index is 0.0259. The molecule has 4 N–H and O–H groups in total. The van der Waals surface area contributed by atoms with Crippen molar-refractivity contribution < 1.29 is 15.0 Å². The van der Waals surface area contributed by atoms with Gasteiger partial charge in [0.25, 0.3) is 0 Å². The van der Waals surface area contributed by atoms with E-state index in [1.807, 2.05) is 0 Å². The first kappa shape index (κ1) is 10.8. The molecule has 1 amide bonds. The summed E-state index contributed by atoms with van der Waals surface area (Å²) in [4.78, 5) is 11.1. The van der Waals surface area contributed by atoms with Gasteiger partial charge in [0.15, 0.2) is 11.5 Å². The molecule has 16 heavy (non-hydrogen) atoms. The van der Waals surface area contributed by atoms with Crippen molar-refractivity contribution in [3.8, 4) is 11.5 Å². The lowest BCUT2D eigenvalue weighted by Gasteiger charge is -2.16. The molecular formula is C11H14N2O3. The molecule has 0 aliphatic carbocycles. The summed E-state index contributed by atoms with van der Waals surface area (Å²) in [5.74, 6) is -0.255. The maximum atomic E-state index is 11.1. The van der Waals surface area contributed by atoms with Crippen LogP contribution in [0.15, 0.2) is 18.2 Å². The van der Waals surface area contributed by atoms with E-state index in [1.165, 1.54) is 12.1 Å². The summed E-state index contributed by atoms with van der Waals surface area (Å²) in [6, 6.07) is 4.64. The highest BCUT2D eigenvalue weighted by Gasteiger charge is 2.17. The number of amides is 1. The number of phenols is 2. The van der Waals surface area contributed by atoms with Crippen LogP contribution in [-0.2, 0) is 4.79 Å². The Balaban J connectivity index is 2.16. The molecule has 1 unspecified atom stereocenters. The topological polar surface area (TPSA) is 81.6 Å². The summed E-state index contributed by atoms with van der Waals surface area (Å²) in [5.41, 5.74) is 0.845. The van der Waals surface area contributed by atoms with Crippen LogP contribution in [0.2, 0.25) is 0 Å². The van der Waals surface area contributed by atoms with Crippen molar-refractivity contribution in [1.82, 2.24) is 10.6 Å². The Hall–Kier alpha value is -1.75. The number of phenolic OH excluding ortho intramolecular Hbond substituents is 2. The Morgan fingerprint density at radius 1 is 1.25 bits per heavy atom. The Labute approximate surface area is 93.1 Å². The van der Waals surface area contributed by atoms with Crippen molar-refractivity contribution in [2.24, 2.45) is 0 Å². The van der Waals surface area contributed by atoms with Crippen LogP contribution in [0.3, 0.4) is 0 Å². The third kappa shape index (κ3) is 2.25. The minimum atomic E-state index is -0.144. The van der Waals surface area contributed by atoms with Gasteiger partial charge in [0.1, 0.15) is 0 Å². The summed E-state index contributed by atoms with van der Waals surface area (Å²) in [6.07, 6.45) is 0.459. The molecule has 0 aromatic heterocycles. The second-order valence-corrected chi connectivity index (χ2v) is 3.81. The van der Waals surface area contributed by atoms with Crippen molar-refractivity contribution in [1.29, 1.82) is 0 Å². The highest BCUT2D eigenvalue weighted by atomic mass is 16.3. The fraction of sp³-hybridized carbons (Fsp3) is 0.364. The molecule has 1 atom stereocenters. The maximum absolute atomic E-state index is 11.1. The first-order chi connectivity index (χ1) is 7.66. The molecule has 1 saturated heterocycles. The molecular weight excluding hydrogens is 208 g/mol. The zero-order chi connectivity index (χ0) is 11.5. The van der Waals surface area contributed by atoms with Gasteiger partial charge in [0.05, 0.1) is 0 Å². The molecule has 5 heteroatoms. The number of hydrogen-bond donors (Lipinski definition) is 4. The average Bonchev–Trinajstić information content (AvgIpc) is 2.47. The highest BCUT2D eigenvalue weighted by molar-refractivity contribution is 5.76. The van der Waals surface area contributed by atoms with E-state index in [2.05, 4.69) is 10.6 Å². The largest absolute Gasteiger partial charge is 0.504 e. The predicted octanol–water partition coefficient (Wildman–Crippen LogP) is 0.248. The lowest BCUT2D eigenvalue weighted by Crippen LogP contribution is -2.28. The van der Waals surface area contributed by atoms with E-state index in [0.29, 0.717) is 19.5 Å². The molecule has 0 spiro atoms. The van der Waals surface area contributed by atoms with Crippen molar-refractivity contribution in [2.75, 3.05) is 13.1 Å². The first-order valence-electron chi connectivity index (χ1n) is 5.19. The summed E-state index contributed by atoms with van der Waals surface area (Å²) in [7, 11) is 0. The van der Waals surface area contributed by atoms with Crippen LogP contribution in [0.1, 0.15) is 18.0 Å². The monoisotopic (exact) mass is 222 g/mol. The van der Waals surface area contributed by atoms with Crippen molar-refractivity contribution >= 4 is 5.91 Å². The molecule has 1 aliphatic heterocycles. The van der Waals surface area contributed by atoms with Crippen LogP contribution < -0.4 is 10.6 Å². The molecule has 0 bridgehead atoms. The Morgan fingerprint density at radius 2 is 2.06 bits per heavy atom. The molecule has 1 heterocycles. The molecule has 0 radical (unpaired) electrons. The van der Waals surface area contributed by atoms with Gasteiger partial charge in [-0.15, -0.1) is 0 Å². The normalized spacial score (nSPS) is 21.2. The van der Waals surface area contributed by atoms with Crippen LogP contribution in [-0.4, -0.2) is 29.2 Å². The molecule has 2 rings (SSSR count). The fourth-order valence-electron chi connectivity index (χ4n) is 1.73. The number of carbonyl (C=O) groups is 1. The highest BCUT2D eigenvalue weighted by Crippen LogP contribution is 2.27. The zero-order valence-electron chi connectivity index (χ0n) is 8.73. The SMILES string of the molecule is O=C1CCNC(c2ccc(O)c(O)c2)CN1. The van der Waals surface area contributed by atoms with E-state index in [0.717, 1.165) is 5.56 Å². The van der Waals surface area contributed by atoms with E-state index in [9.17, 15) is 15.0 Å². The van der Waals surface area contributed by atoms with E-state index in [1.54, 1.807) is 6.07 Å². The van der Waals surface area contributed by atoms with Crippen LogP contribution in [0.5, 0.6) is 11.5 Å². The van der Waals surface area contributed by atoms with Crippen LogP contribution in [0.25, 0.3) is 0 Å². The third-order valence-electron chi connectivity index (χ3n) is 2.65. The number of rotatable bonds is 1. The zero-order valence-corrected chi connectivity index (χ0v) is 8.73. The minimum Gasteiger partial charge on any atom is -0.504 e. The van der Waals surface area contributed by atoms with E-state index < -0.39 is 0 Å². The summed E-state index contributed by atoms with van der Waals surface area (Å²) in [6.45, 7) is 1.10. The molecule has 5 nitrogen and oxygen atoms in total. The predicted molar refractivity (Wildman–Crippen MR) is 58.1 cm³/mol. The Morgan fingerprint density at radius 3 is 2.81 bits per heavy atom. The number of hydrogen-bond acceptors (Lipinski definition) is 4. The molecule has 86 valence electrons. The summed E-state index contributed by atoms with van der Waals surface area (Å²) >= 11 is 0. The van der Waals surface area contributed by atoms with Crippen LogP contribution in [0.4, 0.5) is 0 Å². The second-order valence-electron chi connectivity index (χ2n) is 3.81. The van der Waals surface area contributed by atoms with Crippen LogP contribution >= 0.6 is 0 Å². The van der Waals surface area contributed by atoms with E-state index in [4.69, 9.17) is 0 Å². The average molecular weight is 222 g/mol. The quantitative estimate of drug-likeness (QED) is 0.513. The van der Waals surface area contributed by atoms with Crippen molar-refractivity contribution in [3.05, 3.63) is 23.8 Å². The number of benzene rings is 1. The smallest absolute Gasteiger partial charge is 0.221 e. The van der Waals surface area contributed by atoms with Gasteiger partial charge in [-0.3, -0.25) is 4.79 Å². The first-order valence-corrected chi connectivity index (χ1v) is 5.19. The van der Waals surface area contributed by atoms with Crippen molar-refractivity contribution in [2.45, 2.75) is 12.5 Å². The number of nitrogens with one attached hydrogen (secondary N) is 2. The lowest BCUT2D eigenvalue weighted by molar-refractivity contribution is -0.120. The molecule has 0 saturated carbocycles. The van der Waals surface area contributed by atoms with Gasteiger partial charge in [0, 0.05) is 25.6 Å². The van der Waals surface area contributed by atoms with Crippen molar-refractivity contribution in [3.63, 3.8) is 0 Å². The Bertz CT molecular complexity index is 406. The number of carbonyl (C=O) groups excluding carboxylic acids is 1. The van der Waals surface area contributed by atoms with E-state index in [-0.39, 0.29) is 23.4 Å². The van der Waals surface area contributed by atoms with E-state index >= 15 is 0 Å². The number of aromatic hydroxyl groups is 2. The summed E-state index contributed by atoms with van der Waals surface area (Å²) < 4.78 is 0. The second kappa shape index (κ2) is 4.40. The standard InChI is InChI=1S/C11H14N2O3/c14-9-2-1-7(5-10(9)15)8-6-13-11(16)3-4-12-8/h1-2,5,8,12,14-15H,3-4,6H2,(H,13,16). The maximum Gasteiger partial charge on any atom is 0.221 e. The van der Waals surface area contributed by atoms with Gasteiger partial charge in [0.2, 0.25) is 5.91 Å². The van der Waals surface area contributed by atoms with Gasteiger partial charge < -0.3 is 20.8 Å². The van der Waals surface area contributed by atoms with Gasteiger partial charge >= 0.3 is 0 Å². The molecule has 1 aromatic rings. The molecule has 1 aliphatic rings. The third-order valence-corrected chi connectivity index (χ3v) is 2.65. The fourth-order valence-corrected chi connectivity index (χ4v) is 1.73. The van der Waals surface area contributed by atoms with Crippen LogP contribution in [0, 0.1) is 0 Å². The van der Waals surface area contributed by atoms with Gasteiger partial charge in [-0.25, -0.2) is 0 Å². The van der Waals surface area contributed by atoms with Gasteiger partial charge in [-0.1, -0.05) is 6.07 Å². The van der Waals surface area contributed by atoms with Gasteiger partial charge in [-0.05, 0) is 17.7 Å². The Kier molecular flexibility index (Phi) is 2.96. The molecule has 1 fully saturated rings.